The van der Waals surface area contributed by atoms with Gasteiger partial charge in [-0.2, -0.15) is 4.98 Å². The Kier molecular flexibility index (Phi) is 4.89. The average Bonchev–Trinajstić information content (AvgIpc) is 2.87. The minimum atomic E-state index is -0.399. The van der Waals surface area contributed by atoms with Crippen LogP contribution in [0.1, 0.15) is 19.0 Å². The standard InChI is InChI=1S/C13H21N5O3/c1-4-14-13-15-9(2)11(18(19)20)12(16-13)17-6-5-10(7-17)8-21-3/h10H,4-8H2,1-3H3,(H,14,15,16). The van der Waals surface area contributed by atoms with Crippen LogP contribution in [-0.2, 0) is 4.74 Å². The van der Waals surface area contributed by atoms with Crippen molar-refractivity contribution >= 4 is 17.5 Å². The number of hydrogen-bond acceptors (Lipinski definition) is 7. The molecule has 21 heavy (non-hydrogen) atoms. The second-order valence-corrected chi connectivity index (χ2v) is 5.15. The third-order valence-electron chi connectivity index (χ3n) is 3.55. The van der Waals surface area contributed by atoms with Crippen molar-refractivity contribution in [3.63, 3.8) is 0 Å². The fourth-order valence-electron chi connectivity index (χ4n) is 2.62. The molecule has 0 amide bonds. The lowest BCUT2D eigenvalue weighted by molar-refractivity contribution is -0.385. The largest absolute Gasteiger partial charge is 0.384 e. The second-order valence-electron chi connectivity index (χ2n) is 5.15. The fraction of sp³-hybridized carbons (Fsp3) is 0.692. The van der Waals surface area contributed by atoms with Crippen LogP contribution in [0.2, 0.25) is 0 Å². The van der Waals surface area contributed by atoms with Gasteiger partial charge in [0.1, 0.15) is 5.69 Å². The number of nitro groups is 1. The Morgan fingerprint density at radius 1 is 1.52 bits per heavy atom. The number of anilines is 2. The van der Waals surface area contributed by atoms with Gasteiger partial charge in [0, 0.05) is 32.7 Å². The molecule has 0 radical (unpaired) electrons. The normalized spacial score (nSPS) is 18.0. The van der Waals surface area contributed by atoms with Gasteiger partial charge in [-0.3, -0.25) is 10.1 Å². The maximum Gasteiger partial charge on any atom is 0.332 e. The van der Waals surface area contributed by atoms with Gasteiger partial charge in [0.2, 0.25) is 11.8 Å². The molecule has 1 aromatic rings. The maximum absolute atomic E-state index is 11.3. The molecule has 0 aromatic carbocycles. The summed E-state index contributed by atoms with van der Waals surface area (Å²) in [7, 11) is 1.67. The molecule has 0 saturated carbocycles. The number of hydrogen-bond donors (Lipinski definition) is 1. The molecule has 116 valence electrons. The van der Waals surface area contributed by atoms with Gasteiger partial charge in [0.25, 0.3) is 0 Å². The molecule has 1 fully saturated rings. The molecule has 1 aliphatic heterocycles. The van der Waals surface area contributed by atoms with E-state index in [0.29, 0.717) is 36.5 Å². The first-order valence-electron chi connectivity index (χ1n) is 7.07. The predicted molar refractivity (Wildman–Crippen MR) is 79.8 cm³/mol. The Bertz CT molecular complexity index is 523. The molecule has 0 aliphatic carbocycles. The summed E-state index contributed by atoms with van der Waals surface area (Å²) in [6, 6.07) is 0. The third-order valence-corrected chi connectivity index (χ3v) is 3.55. The highest BCUT2D eigenvalue weighted by atomic mass is 16.6. The first kappa shape index (κ1) is 15.4. The van der Waals surface area contributed by atoms with Crippen molar-refractivity contribution in [3.8, 4) is 0 Å². The van der Waals surface area contributed by atoms with E-state index in [0.717, 1.165) is 19.5 Å². The Morgan fingerprint density at radius 3 is 2.90 bits per heavy atom. The summed E-state index contributed by atoms with van der Waals surface area (Å²) < 4.78 is 5.17. The smallest absolute Gasteiger partial charge is 0.332 e. The molecule has 8 heteroatoms. The van der Waals surface area contributed by atoms with Crippen molar-refractivity contribution in [2.45, 2.75) is 20.3 Å². The summed E-state index contributed by atoms with van der Waals surface area (Å²) in [6.45, 7) is 6.38. The van der Waals surface area contributed by atoms with Crippen LogP contribution < -0.4 is 10.2 Å². The van der Waals surface area contributed by atoms with Crippen LogP contribution in [0.5, 0.6) is 0 Å². The van der Waals surface area contributed by atoms with Crippen LogP contribution in [0, 0.1) is 23.0 Å². The first-order chi connectivity index (χ1) is 10.1. The van der Waals surface area contributed by atoms with Crippen molar-refractivity contribution in [3.05, 3.63) is 15.8 Å². The number of methoxy groups -OCH3 is 1. The van der Waals surface area contributed by atoms with E-state index in [2.05, 4.69) is 15.3 Å². The Morgan fingerprint density at radius 2 is 2.29 bits per heavy atom. The van der Waals surface area contributed by atoms with Gasteiger partial charge >= 0.3 is 5.69 Å². The topological polar surface area (TPSA) is 93.4 Å². The molecule has 1 N–H and O–H groups in total. The van der Waals surface area contributed by atoms with E-state index in [9.17, 15) is 10.1 Å². The number of aromatic nitrogens is 2. The highest BCUT2D eigenvalue weighted by molar-refractivity contribution is 5.63. The van der Waals surface area contributed by atoms with Crippen molar-refractivity contribution in [2.24, 2.45) is 5.92 Å². The van der Waals surface area contributed by atoms with Crippen LogP contribution in [-0.4, -0.2) is 48.2 Å². The SMILES string of the molecule is CCNc1nc(C)c([N+](=O)[O-])c(N2CCC(COC)C2)n1. The molecular weight excluding hydrogens is 274 g/mol. The van der Waals surface area contributed by atoms with Crippen molar-refractivity contribution in [1.82, 2.24) is 9.97 Å². The van der Waals surface area contributed by atoms with Crippen LogP contribution in [0.4, 0.5) is 17.5 Å². The van der Waals surface area contributed by atoms with Crippen LogP contribution in [0.25, 0.3) is 0 Å². The molecular formula is C13H21N5O3. The van der Waals surface area contributed by atoms with E-state index in [4.69, 9.17) is 4.74 Å². The molecule has 1 aromatic heterocycles. The molecule has 1 aliphatic rings. The Balaban J connectivity index is 2.34. The quantitative estimate of drug-likeness (QED) is 0.629. The number of ether oxygens (including phenoxy) is 1. The Hall–Kier alpha value is -1.96. The lowest BCUT2D eigenvalue weighted by atomic mass is 10.1. The van der Waals surface area contributed by atoms with Crippen LogP contribution in [0.15, 0.2) is 0 Å². The highest BCUT2D eigenvalue weighted by Gasteiger charge is 2.31. The summed E-state index contributed by atoms with van der Waals surface area (Å²) in [6.07, 6.45) is 0.949. The Labute approximate surface area is 123 Å². The van der Waals surface area contributed by atoms with E-state index in [1.807, 2.05) is 11.8 Å². The number of rotatable bonds is 6. The minimum absolute atomic E-state index is 0.00489. The van der Waals surface area contributed by atoms with Gasteiger partial charge in [0.15, 0.2) is 0 Å². The van der Waals surface area contributed by atoms with Gasteiger partial charge in [-0.25, -0.2) is 4.98 Å². The zero-order valence-corrected chi connectivity index (χ0v) is 12.6. The summed E-state index contributed by atoms with van der Waals surface area (Å²) >= 11 is 0. The van der Waals surface area contributed by atoms with E-state index in [1.165, 1.54) is 0 Å². The molecule has 0 spiro atoms. The lowest BCUT2D eigenvalue weighted by Gasteiger charge is -2.18. The molecule has 2 rings (SSSR count). The van der Waals surface area contributed by atoms with E-state index in [-0.39, 0.29) is 5.69 Å². The fourth-order valence-corrected chi connectivity index (χ4v) is 2.62. The maximum atomic E-state index is 11.3. The van der Waals surface area contributed by atoms with E-state index >= 15 is 0 Å². The van der Waals surface area contributed by atoms with Gasteiger partial charge in [-0.05, 0) is 20.3 Å². The minimum Gasteiger partial charge on any atom is -0.384 e. The zero-order valence-electron chi connectivity index (χ0n) is 12.6. The second kappa shape index (κ2) is 6.66. The molecule has 1 unspecified atom stereocenters. The third kappa shape index (κ3) is 3.38. The van der Waals surface area contributed by atoms with Crippen LogP contribution in [0.3, 0.4) is 0 Å². The predicted octanol–water partition coefficient (Wildman–Crippen LogP) is 1.60. The molecule has 1 atom stereocenters. The van der Waals surface area contributed by atoms with Gasteiger partial charge in [-0.15, -0.1) is 0 Å². The van der Waals surface area contributed by atoms with Crippen LogP contribution >= 0.6 is 0 Å². The summed E-state index contributed by atoms with van der Waals surface area (Å²) in [5, 5.41) is 14.3. The lowest BCUT2D eigenvalue weighted by Crippen LogP contribution is -2.24. The summed E-state index contributed by atoms with van der Waals surface area (Å²) in [4.78, 5) is 21.4. The first-order valence-corrected chi connectivity index (χ1v) is 7.07. The number of nitrogens with one attached hydrogen (secondary N) is 1. The summed E-state index contributed by atoms with van der Waals surface area (Å²) in [5.74, 6) is 1.22. The van der Waals surface area contributed by atoms with E-state index < -0.39 is 4.92 Å². The molecule has 2 heterocycles. The van der Waals surface area contributed by atoms with Crippen molar-refractivity contribution < 1.29 is 9.66 Å². The van der Waals surface area contributed by atoms with Gasteiger partial charge < -0.3 is 15.0 Å². The zero-order chi connectivity index (χ0) is 15.4. The van der Waals surface area contributed by atoms with Gasteiger partial charge in [0.05, 0.1) is 11.5 Å². The monoisotopic (exact) mass is 295 g/mol. The van der Waals surface area contributed by atoms with Crippen molar-refractivity contribution in [2.75, 3.05) is 43.6 Å². The van der Waals surface area contributed by atoms with E-state index in [1.54, 1.807) is 14.0 Å². The number of nitrogens with zero attached hydrogens (tertiary/aromatic N) is 4. The van der Waals surface area contributed by atoms with Gasteiger partial charge in [-0.1, -0.05) is 0 Å². The average molecular weight is 295 g/mol. The highest BCUT2D eigenvalue weighted by Crippen LogP contribution is 2.33. The number of aryl methyl sites for hydroxylation is 1. The summed E-state index contributed by atoms with van der Waals surface area (Å²) in [5.41, 5.74) is 0.380. The molecule has 8 nitrogen and oxygen atoms in total. The molecule has 0 bridgehead atoms. The van der Waals surface area contributed by atoms with Crippen molar-refractivity contribution in [1.29, 1.82) is 0 Å². The molecule has 1 saturated heterocycles.